The summed E-state index contributed by atoms with van der Waals surface area (Å²) in [4.78, 5) is 27.6. The third kappa shape index (κ3) is 4.35. The molecule has 0 aliphatic carbocycles. The van der Waals surface area contributed by atoms with E-state index in [-0.39, 0.29) is 23.2 Å². The number of hydrogen-bond acceptors (Lipinski definition) is 5. The lowest BCUT2D eigenvalue weighted by atomic mass is 9.97. The minimum Gasteiger partial charge on any atom is -0.349 e. The van der Waals surface area contributed by atoms with Gasteiger partial charge in [0.25, 0.3) is 11.5 Å². The summed E-state index contributed by atoms with van der Waals surface area (Å²) in [7, 11) is 1.54. The molecule has 0 spiro atoms. The summed E-state index contributed by atoms with van der Waals surface area (Å²) in [5.41, 5.74) is 0.0368. The van der Waals surface area contributed by atoms with Gasteiger partial charge in [-0.3, -0.25) is 14.5 Å². The predicted molar refractivity (Wildman–Crippen MR) is 98.8 cm³/mol. The zero-order valence-electron chi connectivity index (χ0n) is 14.6. The summed E-state index contributed by atoms with van der Waals surface area (Å²) in [6, 6.07) is 7.20. The third-order valence-electron chi connectivity index (χ3n) is 4.78. The highest BCUT2D eigenvalue weighted by molar-refractivity contribution is 7.10. The van der Waals surface area contributed by atoms with Crippen LogP contribution in [0, 0.1) is 5.92 Å². The fourth-order valence-corrected chi connectivity index (χ4v) is 3.99. The fourth-order valence-electron chi connectivity index (χ4n) is 3.13. The van der Waals surface area contributed by atoms with Crippen LogP contribution in [0.4, 0.5) is 0 Å². The summed E-state index contributed by atoms with van der Waals surface area (Å²) in [5, 5.41) is 9.08. The molecular formula is C18H24N4O2S. The average molecular weight is 360 g/mol. The number of aromatic nitrogens is 2. The van der Waals surface area contributed by atoms with Crippen LogP contribution in [0.3, 0.4) is 0 Å². The van der Waals surface area contributed by atoms with Crippen molar-refractivity contribution in [2.24, 2.45) is 13.0 Å². The molecule has 0 radical (unpaired) electrons. The standard InChI is InChI=1S/C18H24N4O2S/c1-13-7-9-22(10-8-13)15(16-4-3-11-25-16)12-19-18(24)14-5-6-17(23)21(2)20-14/h3-6,11,13,15H,7-10,12H2,1-2H3,(H,19,24). The van der Waals surface area contributed by atoms with E-state index in [1.807, 2.05) is 0 Å². The van der Waals surface area contributed by atoms with Gasteiger partial charge in [0.15, 0.2) is 0 Å². The van der Waals surface area contributed by atoms with Gasteiger partial charge in [0.2, 0.25) is 0 Å². The van der Waals surface area contributed by atoms with E-state index < -0.39 is 0 Å². The first-order chi connectivity index (χ1) is 12.0. The number of amides is 1. The number of aryl methyl sites for hydroxylation is 1. The molecule has 25 heavy (non-hydrogen) atoms. The molecule has 7 heteroatoms. The first-order valence-corrected chi connectivity index (χ1v) is 9.52. The Morgan fingerprint density at radius 3 is 2.76 bits per heavy atom. The van der Waals surface area contributed by atoms with Gasteiger partial charge in [-0.15, -0.1) is 11.3 Å². The van der Waals surface area contributed by atoms with Gasteiger partial charge in [-0.1, -0.05) is 13.0 Å². The van der Waals surface area contributed by atoms with Gasteiger partial charge < -0.3 is 5.32 Å². The molecule has 0 saturated carbocycles. The summed E-state index contributed by atoms with van der Waals surface area (Å²) < 4.78 is 1.18. The Balaban J connectivity index is 1.69. The Hall–Kier alpha value is -1.99. The van der Waals surface area contributed by atoms with Crippen LogP contribution in [0.1, 0.15) is 41.2 Å². The van der Waals surface area contributed by atoms with Crippen molar-refractivity contribution in [1.82, 2.24) is 20.0 Å². The maximum Gasteiger partial charge on any atom is 0.271 e. The van der Waals surface area contributed by atoms with Crippen LogP contribution in [0.2, 0.25) is 0 Å². The number of piperidine rings is 1. The van der Waals surface area contributed by atoms with Crippen molar-refractivity contribution in [2.75, 3.05) is 19.6 Å². The van der Waals surface area contributed by atoms with Crippen LogP contribution >= 0.6 is 11.3 Å². The van der Waals surface area contributed by atoms with E-state index in [9.17, 15) is 9.59 Å². The van der Waals surface area contributed by atoms with Gasteiger partial charge in [0, 0.05) is 24.5 Å². The second-order valence-electron chi connectivity index (χ2n) is 6.64. The molecule has 1 N–H and O–H groups in total. The van der Waals surface area contributed by atoms with E-state index in [1.54, 1.807) is 18.4 Å². The van der Waals surface area contributed by atoms with Crippen LogP contribution < -0.4 is 10.9 Å². The molecule has 0 bridgehead atoms. The molecule has 0 aromatic carbocycles. The van der Waals surface area contributed by atoms with Gasteiger partial charge in [0.05, 0.1) is 6.04 Å². The van der Waals surface area contributed by atoms with Crippen LogP contribution in [-0.4, -0.2) is 40.2 Å². The predicted octanol–water partition coefficient (Wildman–Crippen LogP) is 2.04. The summed E-state index contributed by atoms with van der Waals surface area (Å²) >= 11 is 1.72. The van der Waals surface area contributed by atoms with Crippen molar-refractivity contribution >= 4 is 17.2 Å². The second-order valence-corrected chi connectivity index (χ2v) is 7.62. The number of thiophene rings is 1. The quantitative estimate of drug-likeness (QED) is 0.886. The van der Waals surface area contributed by atoms with Crippen molar-refractivity contribution in [1.29, 1.82) is 0 Å². The Bertz CT molecular complexity index is 764. The van der Waals surface area contributed by atoms with E-state index >= 15 is 0 Å². The van der Waals surface area contributed by atoms with Crippen molar-refractivity contribution < 1.29 is 4.79 Å². The van der Waals surface area contributed by atoms with E-state index in [2.05, 4.69) is 39.8 Å². The van der Waals surface area contributed by atoms with Crippen molar-refractivity contribution in [3.8, 4) is 0 Å². The van der Waals surface area contributed by atoms with Gasteiger partial charge in [0.1, 0.15) is 5.69 Å². The maximum atomic E-state index is 12.4. The van der Waals surface area contributed by atoms with E-state index in [4.69, 9.17) is 0 Å². The topological polar surface area (TPSA) is 67.2 Å². The Labute approximate surface area is 151 Å². The Morgan fingerprint density at radius 1 is 1.36 bits per heavy atom. The smallest absolute Gasteiger partial charge is 0.271 e. The minimum atomic E-state index is -0.248. The van der Waals surface area contributed by atoms with Crippen LogP contribution in [-0.2, 0) is 7.05 Å². The van der Waals surface area contributed by atoms with Crippen LogP contribution in [0.5, 0.6) is 0 Å². The van der Waals surface area contributed by atoms with E-state index in [1.165, 1.54) is 34.5 Å². The summed E-state index contributed by atoms with van der Waals surface area (Å²) in [5.74, 6) is 0.521. The van der Waals surface area contributed by atoms with E-state index in [0.717, 1.165) is 19.0 Å². The minimum absolute atomic E-state index is 0.184. The Morgan fingerprint density at radius 2 is 2.12 bits per heavy atom. The van der Waals surface area contributed by atoms with Crippen molar-refractivity contribution in [2.45, 2.75) is 25.8 Å². The van der Waals surface area contributed by atoms with Gasteiger partial charge >= 0.3 is 0 Å². The molecule has 134 valence electrons. The number of nitrogens with one attached hydrogen (secondary N) is 1. The molecule has 2 aromatic rings. The van der Waals surface area contributed by atoms with Crippen molar-refractivity contribution in [3.05, 3.63) is 50.6 Å². The van der Waals surface area contributed by atoms with Crippen LogP contribution in [0.15, 0.2) is 34.4 Å². The summed E-state index contributed by atoms with van der Waals surface area (Å²) in [6.45, 7) is 4.94. The molecule has 3 heterocycles. The highest BCUT2D eigenvalue weighted by Gasteiger charge is 2.26. The zero-order valence-corrected chi connectivity index (χ0v) is 15.5. The maximum absolute atomic E-state index is 12.4. The molecule has 1 atom stereocenters. The number of likely N-dealkylation sites (tertiary alicyclic amines) is 1. The van der Waals surface area contributed by atoms with Gasteiger partial charge in [-0.2, -0.15) is 5.10 Å². The average Bonchev–Trinajstić information content (AvgIpc) is 3.13. The fraction of sp³-hybridized carbons (Fsp3) is 0.500. The number of carbonyl (C=O) groups is 1. The lowest BCUT2D eigenvalue weighted by Crippen LogP contribution is -2.42. The van der Waals surface area contributed by atoms with E-state index in [0.29, 0.717) is 6.54 Å². The highest BCUT2D eigenvalue weighted by Crippen LogP contribution is 2.29. The third-order valence-corrected chi connectivity index (χ3v) is 5.75. The lowest BCUT2D eigenvalue weighted by molar-refractivity contribution is 0.0908. The highest BCUT2D eigenvalue weighted by atomic mass is 32.1. The molecule has 3 rings (SSSR count). The molecular weight excluding hydrogens is 336 g/mol. The lowest BCUT2D eigenvalue weighted by Gasteiger charge is -2.36. The molecule has 6 nitrogen and oxygen atoms in total. The van der Waals surface area contributed by atoms with Crippen molar-refractivity contribution in [3.63, 3.8) is 0 Å². The number of nitrogens with zero attached hydrogens (tertiary/aromatic N) is 3. The van der Waals surface area contributed by atoms with Gasteiger partial charge in [-0.05, 0) is 49.4 Å². The second kappa shape index (κ2) is 7.93. The first-order valence-electron chi connectivity index (χ1n) is 8.64. The number of hydrogen-bond donors (Lipinski definition) is 1. The number of carbonyl (C=O) groups excluding carboxylic acids is 1. The SMILES string of the molecule is CC1CCN(C(CNC(=O)c2ccc(=O)n(C)n2)c2cccs2)CC1. The zero-order chi connectivity index (χ0) is 17.8. The largest absolute Gasteiger partial charge is 0.349 e. The molecule has 1 unspecified atom stereocenters. The summed E-state index contributed by atoms with van der Waals surface area (Å²) in [6.07, 6.45) is 2.39. The molecule has 2 aromatic heterocycles. The normalized spacial score (nSPS) is 17.4. The molecule has 1 fully saturated rings. The molecule has 1 aliphatic rings. The van der Waals surface area contributed by atoms with Gasteiger partial charge in [-0.25, -0.2) is 4.68 Å². The Kier molecular flexibility index (Phi) is 5.65. The molecule has 1 saturated heterocycles. The first kappa shape index (κ1) is 17.8. The molecule has 1 amide bonds. The monoisotopic (exact) mass is 360 g/mol. The van der Waals surface area contributed by atoms with Crippen LogP contribution in [0.25, 0.3) is 0 Å². The molecule has 1 aliphatic heterocycles. The number of rotatable bonds is 5.